The van der Waals surface area contributed by atoms with Crippen molar-refractivity contribution in [1.82, 2.24) is 4.98 Å². The maximum absolute atomic E-state index is 13.6. The van der Waals surface area contributed by atoms with Crippen LogP contribution in [0, 0.1) is 0 Å². The van der Waals surface area contributed by atoms with E-state index >= 15 is 0 Å². The number of pyridine rings is 1. The summed E-state index contributed by atoms with van der Waals surface area (Å²) >= 11 is 12.8. The Morgan fingerprint density at radius 1 is 1.16 bits per heavy atom. The molecule has 1 aromatic carbocycles. The zero-order chi connectivity index (χ0) is 22.9. The Morgan fingerprint density at radius 2 is 1.81 bits per heavy atom. The predicted molar refractivity (Wildman–Crippen MR) is 120 cm³/mol. The highest BCUT2D eigenvalue weighted by molar-refractivity contribution is 7.94. The lowest BCUT2D eigenvalue weighted by Crippen LogP contribution is -2.43. The molecule has 166 valence electrons. The summed E-state index contributed by atoms with van der Waals surface area (Å²) < 4.78 is 52.2. The number of carbonyl (C=O) groups is 1. The van der Waals surface area contributed by atoms with Gasteiger partial charge in [0, 0.05) is 18.8 Å². The van der Waals surface area contributed by atoms with Crippen LogP contribution in [0.5, 0.6) is 0 Å². The van der Waals surface area contributed by atoms with Crippen LogP contribution >= 0.6 is 23.2 Å². The lowest BCUT2D eigenvalue weighted by atomic mass is 9.94. The highest BCUT2D eigenvalue weighted by atomic mass is 35.5. The van der Waals surface area contributed by atoms with Gasteiger partial charge in [0.05, 0.1) is 25.7 Å². The second-order valence-electron chi connectivity index (χ2n) is 8.21. The van der Waals surface area contributed by atoms with E-state index in [2.05, 4.69) is 4.98 Å². The van der Waals surface area contributed by atoms with Crippen molar-refractivity contribution in [2.45, 2.75) is 41.9 Å². The van der Waals surface area contributed by atoms with E-state index < -0.39 is 40.9 Å². The Kier molecular flexibility index (Phi) is 5.20. The average molecular weight is 503 g/mol. The molecule has 1 fully saturated rings. The largest absolute Gasteiger partial charge is 0.291 e. The average Bonchev–Trinajstić information content (AvgIpc) is 3.54. The molecule has 0 spiro atoms. The van der Waals surface area contributed by atoms with Crippen molar-refractivity contribution in [3.8, 4) is 0 Å². The molecule has 1 aromatic heterocycles. The van der Waals surface area contributed by atoms with Gasteiger partial charge in [-0.05, 0) is 44.4 Å². The molecule has 2 aromatic rings. The number of benzene rings is 1. The number of rotatable bonds is 4. The second kappa shape index (κ2) is 7.16. The van der Waals surface area contributed by atoms with Crippen LogP contribution in [-0.4, -0.2) is 39.9 Å². The molecule has 1 atom stereocenters. The molecular formula is C20H20Cl2N2O5S2. The van der Waals surface area contributed by atoms with Gasteiger partial charge in [-0.25, -0.2) is 16.8 Å². The minimum Gasteiger partial charge on any atom is -0.291 e. The topological polar surface area (TPSA) is 101 Å². The number of sulfonamides is 1. The van der Waals surface area contributed by atoms with E-state index in [0.717, 1.165) is 4.31 Å². The quantitative estimate of drug-likeness (QED) is 0.627. The number of hydrogen-bond acceptors (Lipinski definition) is 6. The fourth-order valence-corrected chi connectivity index (χ4v) is 8.38. The van der Waals surface area contributed by atoms with Crippen LogP contribution in [0.15, 0.2) is 30.5 Å². The summed E-state index contributed by atoms with van der Waals surface area (Å²) in [7, 11) is -6.51. The van der Waals surface area contributed by atoms with Crippen molar-refractivity contribution in [3.63, 3.8) is 0 Å². The molecule has 7 nitrogen and oxygen atoms in total. The standard InChI is InChI=1S/C20H20Cl2N2O5S2/c1-20(2)13-5-4-10-23-16(13)18(25)19(30(20,26)27)12-8-9-14(21)17(15(12)22)24(3)31(28,29)11-6-7-11/h4-5,8-11,19H,6-7H2,1-3H3. The fraction of sp³-hybridized carbons (Fsp3) is 0.400. The first-order valence-corrected chi connectivity index (χ1v) is 13.3. The lowest BCUT2D eigenvalue weighted by molar-refractivity contribution is 0.0975. The van der Waals surface area contributed by atoms with Crippen LogP contribution in [0.25, 0.3) is 0 Å². The maximum Gasteiger partial charge on any atom is 0.237 e. The molecule has 2 aliphatic rings. The van der Waals surface area contributed by atoms with Crippen LogP contribution in [0.2, 0.25) is 10.0 Å². The van der Waals surface area contributed by atoms with E-state index in [4.69, 9.17) is 23.2 Å². The Hall–Kier alpha value is -1.68. The van der Waals surface area contributed by atoms with E-state index in [9.17, 15) is 21.6 Å². The molecular weight excluding hydrogens is 483 g/mol. The van der Waals surface area contributed by atoms with Crippen LogP contribution in [0.4, 0.5) is 5.69 Å². The van der Waals surface area contributed by atoms with Crippen molar-refractivity contribution in [3.05, 3.63) is 57.3 Å². The maximum atomic E-state index is 13.6. The van der Waals surface area contributed by atoms with Gasteiger partial charge < -0.3 is 0 Å². The smallest absolute Gasteiger partial charge is 0.237 e. The summed E-state index contributed by atoms with van der Waals surface area (Å²) in [6.07, 6.45) is 2.49. The molecule has 0 radical (unpaired) electrons. The van der Waals surface area contributed by atoms with Crippen molar-refractivity contribution in [1.29, 1.82) is 0 Å². The lowest BCUT2D eigenvalue weighted by Gasteiger charge is -2.36. The van der Waals surface area contributed by atoms with Gasteiger partial charge in [0.25, 0.3) is 0 Å². The molecule has 2 heterocycles. The minimum atomic E-state index is -4.12. The number of ketones is 1. The van der Waals surface area contributed by atoms with Crippen LogP contribution in [-0.2, 0) is 24.6 Å². The Bertz CT molecular complexity index is 1320. The molecule has 0 amide bonds. The molecule has 4 rings (SSSR count). The molecule has 31 heavy (non-hydrogen) atoms. The van der Waals surface area contributed by atoms with Crippen molar-refractivity contribution >= 4 is 54.5 Å². The fourth-order valence-electron chi connectivity index (χ4n) is 3.87. The number of hydrogen-bond donors (Lipinski definition) is 0. The highest BCUT2D eigenvalue weighted by Gasteiger charge is 2.53. The van der Waals surface area contributed by atoms with E-state index in [1.807, 2.05) is 0 Å². The number of anilines is 1. The van der Waals surface area contributed by atoms with Gasteiger partial charge in [-0.1, -0.05) is 35.3 Å². The predicted octanol–water partition coefficient (Wildman–Crippen LogP) is 3.90. The minimum absolute atomic E-state index is 0.0201. The number of Topliss-reactive ketones (excluding diaryl/α,β-unsaturated/α-hetero) is 1. The van der Waals surface area contributed by atoms with Gasteiger partial charge in [0.2, 0.25) is 15.8 Å². The Balaban J connectivity index is 1.94. The van der Waals surface area contributed by atoms with E-state index in [-0.39, 0.29) is 27.0 Å². The number of fused-ring (bicyclic) bond motifs is 1. The molecule has 1 unspecified atom stereocenters. The third-order valence-corrected chi connectivity index (χ3v) is 11.7. The molecule has 0 N–H and O–H groups in total. The molecule has 1 aliphatic heterocycles. The first-order chi connectivity index (χ1) is 14.3. The third kappa shape index (κ3) is 3.20. The van der Waals surface area contributed by atoms with Gasteiger partial charge >= 0.3 is 0 Å². The van der Waals surface area contributed by atoms with Crippen molar-refractivity contribution in [2.24, 2.45) is 0 Å². The molecule has 0 saturated heterocycles. The molecule has 1 saturated carbocycles. The van der Waals surface area contributed by atoms with Crippen molar-refractivity contribution in [2.75, 3.05) is 11.4 Å². The SMILES string of the molecule is CN(c1c(Cl)ccc(C2C(=O)c3ncccc3C(C)(C)S2(=O)=O)c1Cl)S(=O)(=O)C1CC1. The molecule has 0 bridgehead atoms. The van der Waals surface area contributed by atoms with Crippen LogP contribution < -0.4 is 4.31 Å². The summed E-state index contributed by atoms with van der Waals surface area (Å²) in [6, 6.07) is 5.87. The summed E-state index contributed by atoms with van der Waals surface area (Å²) in [5, 5.41) is -2.30. The van der Waals surface area contributed by atoms with Gasteiger partial charge in [-0.3, -0.25) is 14.1 Å². The molecule has 11 heteroatoms. The highest BCUT2D eigenvalue weighted by Crippen LogP contribution is 2.50. The summed E-state index contributed by atoms with van der Waals surface area (Å²) in [5.41, 5.74) is 0.308. The van der Waals surface area contributed by atoms with Gasteiger partial charge in [0.1, 0.15) is 5.69 Å². The Labute approximate surface area is 191 Å². The number of nitrogens with zero attached hydrogens (tertiary/aromatic N) is 2. The third-order valence-electron chi connectivity index (χ3n) is 5.97. The summed E-state index contributed by atoms with van der Waals surface area (Å²) in [6.45, 7) is 3.02. The summed E-state index contributed by atoms with van der Waals surface area (Å²) in [5.74, 6) is -0.710. The second-order valence-corrected chi connectivity index (χ2v) is 13.8. The number of halogens is 2. The van der Waals surface area contributed by atoms with E-state index in [1.54, 1.807) is 12.1 Å². The van der Waals surface area contributed by atoms with Gasteiger partial charge in [-0.15, -0.1) is 0 Å². The first kappa shape index (κ1) is 22.5. The van der Waals surface area contributed by atoms with Crippen molar-refractivity contribution < 1.29 is 21.6 Å². The van der Waals surface area contributed by atoms with E-state index in [1.165, 1.54) is 39.2 Å². The van der Waals surface area contributed by atoms with Crippen LogP contribution in [0.3, 0.4) is 0 Å². The zero-order valence-corrected chi connectivity index (χ0v) is 20.1. The molecule has 1 aliphatic carbocycles. The van der Waals surface area contributed by atoms with Gasteiger partial charge in [0.15, 0.2) is 15.1 Å². The Morgan fingerprint density at radius 3 is 2.42 bits per heavy atom. The van der Waals surface area contributed by atoms with Crippen LogP contribution in [0.1, 0.15) is 53.6 Å². The number of carbonyl (C=O) groups excluding carboxylic acids is 1. The first-order valence-electron chi connectivity index (χ1n) is 9.52. The van der Waals surface area contributed by atoms with E-state index in [0.29, 0.717) is 18.4 Å². The van der Waals surface area contributed by atoms with Gasteiger partial charge in [-0.2, -0.15) is 0 Å². The number of aromatic nitrogens is 1. The summed E-state index contributed by atoms with van der Waals surface area (Å²) in [4.78, 5) is 17.4. The number of sulfone groups is 1. The zero-order valence-electron chi connectivity index (χ0n) is 17.0. The monoisotopic (exact) mass is 502 g/mol. The normalized spacial score (nSPS) is 22.1.